The molecule has 0 radical (unpaired) electrons. The Balaban J connectivity index is 2.51. The Labute approximate surface area is 105 Å². The van der Waals surface area contributed by atoms with E-state index in [1.807, 2.05) is 13.0 Å². The van der Waals surface area contributed by atoms with Crippen molar-refractivity contribution in [3.63, 3.8) is 0 Å². The van der Waals surface area contributed by atoms with Crippen LogP contribution in [0.1, 0.15) is 16.0 Å². The second kappa shape index (κ2) is 4.58. The molecule has 1 heterocycles. The summed E-state index contributed by atoms with van der Waals surface area (Å²) in [4.78, 5) is 1.21. The number of thiophene rings is 1. The van der Waals surface area contributed by atoms with Crippen molar-refractivity contribution in [1.82, 2.24) is 0 Å². The van der Waals surface area contributed by atoms with Crippen LogP contribution in [-0.4, -0.2) is 0 Å². The van der Waals surface area contributed by atoms with Gasteiger partial charge in [0.25, 0.3) is 0 Å². The molecule has 2 aromatic rings. The molecule has 0 fully saturated rings. The average Bonchev–Trinajstić information content (AvgIpc) is 2.71. The molecule has 0 atom stereocenters. The topological polar surface area (TPSA) is 26.0 Å². The normalized spacial score (nSPS) is 10.8. The number of hydrogen-bond acceptors (Lipinski definition) is 2. The SMILES string of the molecule is Cc1cc(-c2csc(CN)c2)c(C)cc1Cl. The van der Waals surface area contributed by atoms with Gasteiger partial charge in [0, 0.05) is 16.4 Å². The molecule has 0 aliphatic carbocycles. The number of hydrogen-bond donors (Lipinski definition) is 1. The largest absolute Gasteiger partial charge is 0.326 e. The van der Waals surface area contributed by atoms with E-state index in [0.29, 0.717) is 6.54 Å². The van der Waals surface area contributed by atoms with Crippen LogP contribution in [0.25, 0.3) is 11.1 Å². The van der Waals surface area contributed by atoms with Crippen molar-refractivity contribution in [2.24, 2.45) is 5.73 Å². The molecular weight excluding hydrogens is 238 g/mol. The molecule has 0 amide bonds. The van der Waals surface area contributed by atoms with Crippen molar-refractivity contribution in [1.29, 1.82) is 0 Å². The smallest absolute Gasteiger partial charge is 0.0438 e. The van der Waals surface area contributed by atoms with Gasteiger partial charge in [-0.2, -0.15) is 0 Å². The van der Waals surface area contributed by atoms with E-state index in [0.717, 1.165) is 10.6 Å². The van der Waals surface area contributed by atoms with Crippen molar-refractivity contribution in [3.05, 3.63) is 44.6 Å². The van der Waals surface area contributed by atoms with E-state index in [1.54, 1.807) is 11.3 Å². The molecule has 0 aliphatic rings. The first-order chi connectivity index (χ1) is 7.61. The zero-order chi connectivity index (χ0) is 11.7. The van der Waals surface area contributed by atoms with Crippen LogP contribution in [-0.2, 0) is 6.54 Å². The third kappa shape index (κ3) is 2.14. The summed E-state index contributed by atoms with van der Waals surface area (Å²) in [5, 5.41) is 2.98. The van der Waals surface area contributed by atoms with Crippen LogP contribution in [0, 0.1) is 13.8 Å². The van der Waals surface area contributed by atoms with Gasteiger partial charge in [-0.15, -0.1) is 11.3 Å². The lowest BCUT2D eigenvalue weighted by Gasteiger charge is -2.07. The van der Waals surface area contributed by atoms with Crippen LogP contribution in [0.2, 0.25) is 5.02 Å². The summed E-state index contributed by atoms with van der Waals surface area (Å²) in [6.07, 6.45) is 0. The molecule has 0 saturated heterocycles. The van der Waals surface area contributed by atoms with Crippen LogP contribution >= 0.6 is 22.9 Å². The fraction of sp³-hybridized carbons (Fsp3) is 0.231. The minimum absolute atomic E-state index is 0.607. The van der Waals surface area contributed by atoms with E-state index in [1.165, 1.54) is 21.6 Å². The Morgan fingerprint density at radius 2 is 1.94 bits per heavy atom. The zero-order valence-corrected chi connectivity index (χ0v) is 11.0. The van der Waals surface area contributed by atoms with E-state index in [2.05, 4.69) is 24.4 Å². The van der Waals surface area contributed by atoms with E-state index in [9.17, 15) is 0 Å². The molecule has 0 unspecified atom stereocenters. The minimum atomic E-state index is 0.607. The Morgan fingerprint density at radius 1 is 1.19 bits per heavy atom. The highest BCUT2D eigenvalue weighted by Crippen LogP contribution is 2.31. The van der Waals surface area contributed by atoms with Crippen molar-refractivity contribution in [2.45, 2.75) is 20.4 Å². The lowest BCUT2D eigenvalue weighted by molar-refractivity contribution is 1.11. The van der Waals surface area contributed by atoms with Gasteiger partial charge in [0.15, 0.2) is 0 Å². The maximum atomic E-state index is 6.09. The van der Waals surface area contributed by atoms with Crippen molar-refractivity contribution < 1.29 is 0 Å². The zero-order valence-electron chi connectivity index (χ0n) is 9.38. The molecule has 1 nitrogen and oxygen atoms in total. The Hall–Kier alpha value is -0.830. The fourth-order valence-corrected chi connectivity index (χ4v) is 2.70. The van der Waals surface area contributed by atoms with Gasteiger partial charge in [-0.3, -0.25) is 0 Å². The van der Waals surface area contributed by atoms with Gasteiger partial charge < -0.3 is 5.73 Å². The van der Waals surface area contributed by atoms with Gasteiger partial charge in [-0.05, 0) is 59.7 Å². The summed E-state index contributed by atoms with van der Waals surface area (Å²) >= 11 is 7.79. The quantitative estimate of drug-likeness (QED) is 0.853. The summed E-state index contributed by atoms with van der Waals surface area (Å²) in [6.45, 7) is 4.72. The maximum Gasteiger partial charge on any atom is 0.0438 e. The predicted octanol–water partition coefficient (Wildman–Crippen LogP) is 4.14. The highest BCUT2D eigenvalue weighted by molar-refractivity contribution is 7.10. The molecule has 16 heavy (non-hydrogen) atoms. The number of benzene rings is 1. The number of aryl methyl sites for hydroxylation is 2. The van der Waals surface area contributed by atoms with E-state index >= 15 is 0 Å². The number of nitrogens with two attached hydrogens (primary N) is 1. The molecule has 2 rings (SSSR count). The molecule has 0 spiro atoms. The van der Waals surface area contributed by atoms with Crippen LogP contribution in [0.3, 0.4) is 0 Å². The third-order valence-corrected chi connectivity index (χ3v) is 4.04. The molecular formula is C13H14ClNS. The first-order valence-corrected chi connectivity index (χ1v) is 6.42. The van der Waals surface area contributed by atoms with Crippen LogP contribution in [0.5, 0.6) is 0 Å². The van der Waals surface area contributed by atoms with Gasteiger partial charge in [0.05, 0.1) is 0 Å². The van der Waals surface area contributed by atoms with Crippen LogP contribution in [0.15, 0.2) is 23.6 Å². The first-order valence-electron chi connectivity index (χ1n) is 5.16. The number of rotatable bonds is 2. The summed E-state index contributed by atoms with van der Waals surface area (Å²) in [6, 6.07) is 6.31. The van der Waals surface area contributed by atoms with Gasteiger partial charge >= 0.3 is 0 Å². The maximum absolute atomic E-state index is 6.09. The molecule has 0 saturated carbocycles. The minimum Gasteiger partial charge on any atom is -0.326 e. The molecule has 0 aliphatic heterocycles. The van der Waals surface area contributed by atoms with Crippen LogP contribution < -0.4 is 5.73 Å². The standard InChI is InChI=1S/C13H14ClNS/c1-8-4-13(14)9(2)3-12(8)10-5-11(6-15)16-7-10/h3-5,7H,6,15H2,1-2H3. The lowest BCUT2D eigenvalue weighted by Crippen LogP contribution is -1.91. The summed E-state index contributed by atoms with van der Waals surface area (Å²) in [5.74, 6) is 0. The Morgan fingerprint density at radius 3 is 2.56 bits per heavy atom. The van der Waals surface area contributed by atoms with E-state index in [-0.39, 0.29) is 0 Å². The van der Waals surface area contributed by atoms with Crippen molar-refractivity contribution in [2.75, 3.05) is 0 Å². The molecule has 0 bridgehead atoms. The summed E-state index contributed by atoms with van der Waals surface area (Å²) in [5.41, 5.74) is 10.4. The molecule has 84 valence electrons. The van der Waals surface area contributed by atoms with Gasteiger partial charge in [-0.1, -0.05) is 11.6 Å². The second-order valence-corrected chi connectivity index (χ2v) is 5.33. The van der Waals surface area contributed by atoms with Gasteiger partial charge in [0.2, 0.25) is 0 Å². The van der Waals surface area contributed by atoms with Gasteiger partial charge in [-0.25, -0.2) is 0 Å². The fourth-order valence-electron chi connectivity index (χ4n) is 1.72. The van der Waals surface area contributed by atoms with Crippen LogP contribution in [0.4, 0.5) is 0 Å². The van der Waals surface area contributed by atoms with E-state index < -0.39 is 0 Å². The van der Waals surface area contributed by atoms with E-state index in [4.69, 9.17) is 17.3 Å². The molecule has 1 aromatic heterocycles. The molecule has 1 aromatic carbocycles. The Kier molecular flexibility index (Phi) is 3.33. The molecule has 3 heteroatoms. The highest BCUT2D eigenvalue weighted by atomic mass is 35.5. The lowest BCUT2D eigenvalue weighted by atomic mass is 10.0. The predicted molar refractivity (Wildman–Crippen MR) is 72.1 cm³/mol. The Bertz CT molecular complexity index is 517. The van der Waals surface area contributed by atoms with Crippen molar-refractivity contribution in [3.8, 4) is 11.1 Å². The molecule has 2 N–H and O–H groups in total. The van der Waals surface area contributed by atoms with Crippen molar-refractivity contribution >= 4 is 22.9 Å². The second-order valence-electron chi connectivity index (χ2n) is 3.92. The monoisotopic (exact) mass is 251 g/mol. The third-order valence-electron chi connectivity index (χ3n) is 2.67. The first kappa shape index (κ1) is 11.6. The number of halogens is 1. The summed E-state index contributed by atoms with van der Waals surface area (Å²) < 4.78 is 0. The average molecular weight is 252 g/mol. The highest BCUT2D eigenvalue weighted by Gasteiger charge is 2.07. The summed E-state index contributed by atoms with van der Waals surface area (Å²) in [7, 11) is 0. The van der Waals surface area contributed by atoms with Gasteiger partial charge in [0.1, 0.15) is 0 Å².